The van der Waals surface area contributed by atoms with E-state index in [4.69, 9.17) is 5.11 Å². The number of rotatable bonds is 9. The molecule has 5 heteroatoms. The van der Waals surface area contributed by atoms with Crippen LogP contribution in [0.25, 0.3) is 0 Å². The smallest absolute Gasteiger partial charge is 0.317 e. The summed E-state index contributed by atoms with van der Waals surface area (Å²) in [4.78, 5) is 24.8. The van der Waals surface area contributed by atoms with E-state index in [1.807, 2.05) is 11.8 Å². The summed E-state index contributed by atoms with van der Waals surface area (Å²) in [7, 11) is 0. The number of carboxylic acid groups (broad SMARTS) is 1. The normalized spacial score (nSPS) is 19.8. The lowest BCUT2D eigenvalue weighted by Gasteiger charge is -2.42. The fourth-order valence-electron chi connectivity index (χ4n) is 3.18. The third-order valence-electron chi connectivity index (χ3n) is 4.81. The second kappa shape index (κ2) is 8.83. The molecule has 1 saturated carbocycles. The van der Waals surface area contributed by atoms with Gasteiger partial charge < -0.3 is 10.4 Å². The highest BCUT2D eigenvalue weighted by molar-refractivity contribution is 5.76. The SMILES string of the molecule is CCc1ccc(CCC(=O)NC2CC(N(CC)CC(=O)O)C2)cc1. The predicted octanol–water partition coefficient (Wildman–Crippen LogP) is 2.24. The highest BCUT2D eigenvalue weighted by Gasteiger charge is 2.34. The van der Waals surface area contributed by atoms with Gasteiger partial charge in [-0.25, -0.2) is 0 Å². The first-order valence-corrected chi connectivity index (χ1v) is 8.84. The molecule has 0 radical (unpaired) electrons. The zero-order chi connectivity index (χ0) is 17.5. The Bertz CT molecular complexity index is 550. The summed E-state index contributed by atoms with van der Waals surface area (Å²) >= 11 is 0. The minimum Gasteiger partial charge on any atom is -0.480 e. The van der Waals surface area contributed by atoms with Crippen LogP contribution in [0, 0.1) is 0 Å². The highest BCUT2D eigenvalue weighted by atomic mass is 16.4. The molecule has 0 spiro atoms. The summed E-state index contributed by atoms with van der Waals surface area (Å²) in [5, 5.41) is 12.0. The number of carboxylic acids is 1. The van der Waals surface area contributed by atoms with Crippen LogP contribution in [-0.2, 0) is 22.4 Å². The highest BCUT2D eigenvalue weighted by Crippen LogP contribution is 2.25. The first-order chi connectivity index (χ1) is 11.5. The van der Waals surface area contributed by atoms with Gasteiger partial charge in [0.25, 0.3) is 0 Å². The molecule has 1 aromatic carbocycles. The van der Waals surface area contributed by atoms with Gasteiger partial charge in [0, 0.05) is 18.5 Å². The molecule has 0 saturated heterocycles. The number of nitrogens with zero attached hydrogens (tertiary/aromatic N) is 1. The summed E-state index contributed by atoms with van der Waals surface area (Å²) in [6.45, 7) is 4.91. The largest absolute Gasteiger partial charge is 0.480 e. The average molecular weight is 332 g/mol. The molecular formula is C19H28N2O3. The standard InChI is InChI=1S/C19H28N2O3/c1-3-14-5-7-15(8-6-14)9-10-18(22)20-16-11-17(12-16)21(4-2)13-19(23)24/h5-8,16-17H,3-4,9-13H2,1-2H3,(H,20,22)(H,23,24). The van der Waals surface area contributed by atoms with Gasteiger partial charge in [0.15, 0.2) is 0 Å². The van der Waals surface area contributed by atoms with Crippen LogP contribution in [0.2, 0.25) is 0 Å². The fourth-order valence-corrected chi connectivity index (χ4v) is 3.18. The predicted molar refractivity (Wildman–Crippen MR) is 94.0 cm³/mol. The van der Waals surface area contributed by atoms with E-state index in [2.05, 4.69) is 36.5 Å². The lowest BCUT2D eigenvalue weighted by molar-refractivity contribution is -0.139. The Morgan fingerprint density at radius 2 is 1.79 bits per heavy atom. The Labute approximate surface area is 144 Å². The summed E-state index contributed by atoms with van der Waals surface area (Å²) in [5.41, 5.74) is 2.50. The van der Waals surface area contributed by atoms with Gasteiger partial charge in [-0.2, -0.15) is 0 Å². The molecule has 1 aliphatic carbocycles. The molecule has 0 bridgehead atoms. The van der Waals surface area contributed by atoms with Crippen molar-refractivity contribution in [2.75, 3.05) is 13.1 Å². The quantitative estimate of drug-likeness (QED) is 0.727. The van der Waals surface area contributed by atoms with E-state index in [1.165, 1.54) is 11.1 Å². The molecule has 1 aliphatic rings. The zero-order valence-electron chi connectivity index (χ0n) is 14.6. The Morgan fingerprint density at radius 1 is 1.17 bits per heavy atom. The molecule has 24 heavy (non-hydrogen) atoms. The number of aryl methyl sites for hydroxylation is 2. The Balaban J connectivity index is 1.67. The minimum atomic E-state index is -0.793. The van der Waals surface area contributed by atoms with E-state index in [-0.39, 0.29) is 24.5 Å². The Hall–Kier alpha value is -1.88. The molecule has 1 fully saturated rings. The fraction of sp³-hybridized carbons (Fsp3) is 0.579. The van der Waals surface area contributed by atoms with E-state index in [0.717, 1.165) is 32.2 Å². The van der Waals surface area contributed by atoms with Crippen LogP contribution in [0.15, 0.2) is 24.3 Å². The lowest BCUT2D eigenvalue weighted by Crippen LogP contribution is -2.54. The zero-order valence-corrected chi connectivity index (χ0v) is 14.6. The van der Waals surface area contributed by atoms with Gasteiger partial charge in [-0.05, 0) is 43.4 Å². The summed E-state index contributed by atoms with van der Waals surface area (Å²) in [6.07, 6.45) is 3.97. The van der Waals surface area contributed by atoms with Crippen LogP contribution < -0.4 is 5.32 Å². The number of carbonyl (C=O) groups is 2. The topological polar surface area (TPSA) is 69.6 Å². The van der Waals surface area contributed by atoms with Crippen molar-refractivity contribution in [3.63, 3.8) is 0 Å². The first kappa shape index (κ1) is 18.5. The molecular weight excluding hydrogens is 304 g/mol. The molecule has 0 heterocycles. The average Bonchev–Trinajstić information content (AvgIpc) is 2.54. The van der Waals surface area contributed by atoms with Crippen molar-refractivity contribution in [2.24, 2.45) is 0 Å². The maximum atomic E-state index is 12.0. The van der Waals surface area contributed by atoms with Gasteiger partial charge in [-0.1, -0.05) is 38.1 Å². The molecule has 1 amide bonds. The van der Waals surface area contributed by atoms with Crippen molar-refractivity contribution >= 4 is 11.9 Å². The number of aliphatic carboxylic acids is 1. The van der Waals surface area contributed by atoms with Crippen LogP contribution in [0.1, 0.15) is 44.2 Å². The van der Waals surface area contributed by atoms with Gasteiger partial charge in [-0.15, -0.1) is 0 Å². The van der Waals surface area contributed by atoms with Gasteiger partial charge in [-0.3, -0.25) is 14.5 Å². The van der Waals surface area contributed by atoms with E-state index >= 15 is 0 Å². The van der Waals surface area contributed by atoms with Crippen LogP contribution in [0.5, 0.6) is 0 Å². The van der Waals surface area contributed by atoms with Gasteiger partial charge in [0.05, 0.1) is 6.54 Å². The van der Waals surface area contributed by atoms with Crippen LogP contribution in [0.3, 0.4) is 0 Å². The number of benzene rings is 1. The number of hydrogen-bond acceptors (Lipinski definition) is 3. The van der Waals surface area contributed by atoms with Crippen molar-refractivity contribution in [1.82, 2.24) is 10.2 Å². The molecule has 5 nitrogen and oxygen atoms in total. The Morgan fingerprint density at radius 3 is 2.33 bits per heavy atom. The number of nitrogens with one attached hydrogen (secondary N) is 1. The van der Waals surface area contributed by atoms with Crippen molar-refractivity contribution in [3.8, 4) is 0 Å². The minimum absolute atomic E-state index is 0.0790. The molecule has 132 valence electrons. The molecule has 0 atom stereocenters. The summed E-state index contributed by atoms with van der Waals surface area (Å²) in [5.74, 6) is -0.710. The summed E-state index contributed by atoms with van der Waals surface area (Å²) in [6, 6.07) is 8.88. The third kappa shape index (κ3) is 5.34. The van der Waals surface area contributed by atoms with E-state index in [9.17, 15) is 9.59 Å². The number of hydrogen-bond donors (Lipinski definition) is 2. The number of likely N-dealkylation sites (N-methyl/N-ethyl adjacent to an activating group) is 1. The van der Waals surface area contributed by atoms with Crippen LogP contribution in [-0.4, -0.2) is 47.1 Å². The van der Waals surface area contributed by atoms with Crippen molar-refractivity contribution in [2.45, 2.75) is 58.0 Å². The lowest BCUT2D eigenvalue weighted by atomic mass is 9.85. The van der Waals surface area contributed by atoms with Gasteiger partial charge >= 0.3 is 5.97 Å². The van der Waals surface area contributed by atoms with E-state index in [1.54, 1.807) is 0 Å². The molecule has 0 aliphatic heterocycles. The molecule has 0 aromatic heterocycles. The molecule has 0 unspecified atom stereocenters. The van der Waals surface area contributed by atoms with Crippen LogP contribution >= 0.6 is 0 Å². The maximum Gasteiger partial charge on any atom is 0.317 e. The molecule has 1 aromatic rings. The maximum absolute atomic E-state index is 12.0. The second-order valence-electron chi connectivity index (χ2n) is 6.52. The van der Waals surface area contributed by atoms with Gasteiger partial charge in [0.2, 0.25) is 5.91 Å². The van der Waals surface area contributed by atoms with Gasteiger partial charge in [0.1, 0.15) is 0 Å². The summed E-state index contributed by atoms with van der Waals surface area (Å²) < 4.78 is 0. The Kier molecular flexibility index (Phi) is 6.79. The number of amides is 1. The molecule has 2 N–H and O–H groups in total. The second-order valence-corrected chi connectivity index (χ2v) is 6.52. The molecule has 2 rings (SSSR count). The monoisotopic (exact) mass is 332 g/mol. The number of carbonyl (C=O) groups excluding carboxylic acids is 1. The first-order valence-electron chi connectivity index (χ1n) is 8.84. The van der Waals surface area contributed by atoms with Crippen molar-refractivity contribution in [3.05, 3.63) is 35.4 Å². The van der Waals surface area contributed by atoms with E-state index < -0.39 is 5.97 Å². The van der Waals surface area contributed by atoms with E-state index in [0.29, 0.717) is 6.42 Å². The third-order valence-corrected chi connectivity index (χ3v) is 4.81. The van der Waals surface area contributed by atoms with Crippen molar-refractivity contribution in [1.29, 1.82) is 0 Å². The van der Waals surface area contributed by atoms with Crippen molar-refractivity contribution < 1.29 is 14.7 Å². The van der Waals surface area contributed by atoms with Crippen LogP contribution in [0.4, 0.5) is 0 Å².